The summed E-state index contributed by atoms with van der Waals surface area (Å²) in [6.45, 7) is 1.85. The van der Waals surface area contributed by atoms with Gasteiger partial charge in [-0.25, -0.2) is 9.97 Å². The fourth-order valence-corrected chi connectivity index (χ4v) is 1.39. The molecule has 0 bridgehead atoms. The van der Waals surface area contributed by atoms with Crippen LogP contribution in [0.15, 0.2) is 12.3 Å². The third kappa shape index (κ3) is 3.48. The van der Waals surface area contributed by atoms with Crippen molar-refractivity contribution in [1.29, 1.82) is 5.26 Å². The minimum Gasteiger partial charge on any atom is -0.354 e. The van der Waals surface area contributed by atoms with Gasteiger partial charge in [0, 0.05) is 18.8 Å². The summed E-state index contributed by atoms with van der Waals surface area (Å²) in [5, 5.41) is 15.2. The quantitative estimate of drug-likeness (QED) is 0.693. The maximum Gasteiger partial charge on any atom is 0.223 e. The number of aromatic nitrogens is 2. The minimum absolute atomic E-state index is 0.397. The average molecular weight is 217 g/mol. The first-order valence-corrected chi connectivity index (χ1v) is 5.59. The van der Waals surface area contributed by atoms with Crippen LogP contribution in [0.2, 0.25) is 0 Å². The number of hydrogen-bond acceptors (Lipinski definition) is 5. The fourth-order valence-electron chi connectivity index (χ4n) is 1.39. The molecular formula is C11H15N5. The Bertz CT molecular complexity index is 380. The van der Waals surface area contributed by atoms with E-state index in [0.717, 1.165) is 25.6 Å². The van der Waals surface area contributed by atoms with Crippen molar-refractivity contribution in [2.45, 2.75) is 25.3 Å². The van der Waals surface area contributed by atoms with Crippen molar-refractivity contribution in [3.05, 3.63) is 18.0 Å². The molecule has 1 aromatic rings. The first-order chi connectivity index (χ1) is 7.88. The highest BCUT2D eigenvalue weighted by molar-refractivity contribution is 5.29. The van der Waals surface area contributed by atoms with Gasteiger partial charge < -0.3 is 10.6 Å². The Labute approximate surface area is 94.9 Å². The highest BCUT2D eigenvalue weighted by Crippen LogP contribution is 2.18. The largest absolute Gasteiger partial charge is 0.354 e. The Hall–Kier alpha value is -1.67. The molecule has 1 aliphatic carbocycles. The van der Waals surface area contributed by atoms with Gasteiger partial charge in [0.25, 0.3) is 0 Å². The second-order valence-corrected chi connectivity index (χ2v) is 3.89. The molecular weight excluding hydrogens is 202 g/mol. The molecule has 0 atom stereocenters. The summed E-state index contributed by atoms with van der Waals surface area (Å²) in [5.74, 6) is 0.533. The van der Waals surface area contributed by atoms with Gasteiger partial charge in [-0.3, -0.25) is 0 Å². The summed E-state index contributed by atoms with van der Waals surface area (Å²) in [7, 11) is 0. The molecule has 0 radical (unpaired) electrons. The van der Waals surface area contributed by atoms with Gasteiger partial charge in [-0.2, -0.15) is 5.26 Å². The number of nitriles is 1. The molecule has 1 aliphatic rings. The molecule has 2 rings (SSSR count). The van der Waals surface area contributed by atoms with E-state index in [-0.39, 0.29) is 0 Å². The van der Waals surface area contributed by atoms with Crippen LogP contribution in [-0.2, 0) is 0 Å². The van der Waals surface area contributed by atoms with Gasteiger partial charge in [0.15, 0.2) is 0 Å². The third-order valence-electron chi connectivity index (χ3n) is 2.42. The highest BCUT2D eigenvalue weighted by Gasteiger charge is 2.19. The zero-order valence-electron chi connectivity index (χ0n) is 9.11. The highest BCUT2D eigenvalue weighted by atomic mass is 15.1. The van der Waals surface area contributed by atoms with Gasteiger partial charge in [-0.05, 0) is 31.9 Å². The van der Waals surface area contributed by atoms with Crippen LogP contribution in [-0.4, -0.2) is 29.1 Å². The predicted octanol–water partition coefficient (Wildman–Crippen LogP) is 0.902. The lowest BCUT2D eigenvalue weighted by atomic mass is 10.4. The number of nitrogens with one attached hydrogen (secondary N) is 2. The number of nitrogens with zero attached hydrogens (tertiary/aromatic N) is 3. The van der Waals surface area contributed by atoms with E-state index in [2.05, 4.69) is 20.6 Å². The average Bonchev–Trinajstić information content (AvgIpc) is 3.13. The Morgan fingerprint density at radius 3 is 3.06 bits per heavy atom. The standard InChI is InChI=1S/C11H15N5/c12-8-10-4-7-15-11(16-10)14-6-1-5-13-9-2-3-9/h4,7,9,13H,1-3,5-6H2,(H,14,15,16). The number of anilines is 1. The van der Waals surface area contributed by atoms with Crippen LogP contribution in [0.25, 0.3) is 0 Å². The maximum atomic E-state index is 8.66. The summed E-state index contributed by atoms with van der Waals surface area (Å²) in [4.78, 5) is 8.07. The van der Waals surface area contributed by atoms with Crippen molar-refractivity contribution in [2.75, 3.05) is 18.4 Å². The van der Waals surface area contributed by atoms with E-state index < -0.39 is 0 Å². The van der Waals surface area contributed by atoms with E-state index in [1.165, 1.54) is 12.8 Å². The molecule has 0 spiro atoms. The minimum atomic E-state index is 0.397. The van der Waals surface area contributed by atoms with Crippen molar-refractivity contribution < 1.29 is 0 Å². The van der Waals surface area contributed by atoms with E-state index in [9.17, 15) is 0 Å². The van der Waals surface area contributed by atoms with Crippen LogP contribution in [0.4, 0.5) is 5.95 Å². The van der Waals surface area contributed by atoms with E-state index in [1.807, 2.05) is 6.07 Å². The van der Waals surface area contributed by atoms with Crippen molar-refractivity contribution in [3.8, 4) is 6.07 Å². The van der Waals surface area contributed by atoms with E-state index in [0.29, 0.717) is 11.6 Å². The Morgan fingerprint density at radius 2 is 2.31 bits per heavy atom. The molecule has 84 valence electrons. The Morgan fingerprint density at radius 1 is 1.44 bits per heavy atom. The third-order valence-corrected chi connectivity index (χ3v) is 2.42. The Kier molecular flexibility index (Phi) is 3.67. The lowest BCUT2D eigenvalue weighted by molar-refractivity contribution is 0.658. The van der Waals surface area contributed by atoms with Gasteiger partial charge in [0.1, 0.15) is 11.8 Å². The van der Waals surface area contributed by atoms with Crippen molar-refractivity contribution >= 4 is 5.95 Å². The molecule has 0 saturated heterocycles. The molecule has 0 amide bonds. The Balaban J connectivity index is 1.65. The predicted molar refractivity (Wildman–Crippen MR) is 60.9 cm³/mol. The zero-order valence-corrected chi connectivity index (χ0v) is 9.11. The first kappa shape index (κ1) is 10.8. The van der Waals surface area contributed by atoms with Crippen LogP contribution >= 0.6 is 0 Å². The summed E-state index contributed by atoms with van der Waals surface area (Å²) in [5.41, 5.74) is 0.397. The van der Waals surface area contributed by atoms with Gasteiger partial charge in [0.05, 0.1) is 0 Å². The summed E-state index contributed by atoms with van der Waals surface area (Å²) >= 11 is 0. The SMILES string of the molecule is N#Cc1ccnc(NCCCNC2CC2)n1. The molecule has 5 heteroatoms. The summed E-state index contributed by atoms with van der Waals surface area (Å²) in [6.07, 6.45) is 5.27. The van der Waals surface area contributed by atoms with Crippen molar-refractivity contribution in [3.63, 3.8) is 0 Å². The molecule has 0 unspecified atom stereocenters. The van der Waals surface area contributed by atoms with Crippen LogP contribution in [0.3, 0.4) is 0 Å². The smallest absolute Gasteiger partial charge is 0.223 e. The summed E-state index contributed by atoms with van der Waals surface area (Å²) < 4.78 is 0. The molecule has 2 N–H and O–H groups in total. The van der Waals surface area contributed by atoms with Gasteiger partial charge in [0.2, 0.25) is 5.95 Å². The summed E-state index contributed by atoms with van der Waals surface area (Å²) in [6, 6.07) is 4.35. The molecule has 5 nitrogen and oxygen atoms in total. The first-order valence-electron chi connectivity index (χ1n) is 5.59. The maximum absolute atomic E-state index is 8.66. The van der Waals surface area contributed by atoms with Crippen molar-refractivity contribution in [1.82, 2.24) is 15.3 Å². The second kappa shape index (κ2) is 5.42. The van der Waals surface area contributed by atoms with Gasteiger partial charge >= 0.3 is 0 Å². The fraction of sp³-hybridized carbons (Fsp3) is 0.545. The molecule has 0 aromatic carbocycles. The van der Waals surface area contributed by atoms with Crippen LogP contribution < -0.4 is 10.6 Å². The van der Waals surface area contributed by atoms with Gasteiger partial charge in [-0.15, -0.1) is 0 Å². The molecule has 1 fully saturated rings. The topological polar surface area (TPSA) is 73.6 Å². The lowest BCUT2D eigenvalue weighted by Gasteiger charge is -2.05. The molecule has 1 aromatic heterocycles. The van der Waals surface area contributed by atoms with E-state index in [4.69, 9.17) is 5.26 Å². The number of rotatable bonds is 6. The van der Waals surface area contributed by atoms with Crippen LogP contribution in [0, 0.1) is 11.3 Å². The number of hydrogen-bond donors (Lipinski definition) is 2. The van der Waals surface area contributed by atoms with E-state index in [1.54, 1.807) is 12.3 Å². The van der Waals surface area contributed by atoms with E-state index >= 15 is 0 Å². The lowest BCUT2D eigenvalue weighted by Crippen LogP contribution is -2.20. The van der Waals surface area contributed by atoms with Crippen LogP contribution in [0.1, 0.15) is 25.0 Å². The molecule has 1 heterocycles. The molecule has 16 heavy (non-hydrogen) atoms. The normalized spacial score (nSPS) is 14.4. The van der Waals surface area contributed by atoms with Crippen molar-refractivity contribution in [2.24, 2.45) is 0 Å². The van der Waals surface area contributed by atoms with Crippen LogP contribution in [0.5, 0.6) is 0 Å². The zero-order chi connectivity index (χ0) is 11.2. The second-order valence-electron chi connectivity index (χ2n) is 3.89. The molecule has 1 saturated carbocycles. The van der Waals surface area contributed by atoms with Gasteiger partial charge in [-0.1, -0.05) is 0 Å². The monoisotopic (exact) mass is 217 g/mol. The molecule has 0 aliphatic heterocycles.